The molecule has 0 aromatic rings. The molecule has 0 aliphatic carbocycles. The summed E-state index contributed by atoms with van der Waals surface area (Å²) in [5.41, 5.74) is -0.768. The van der Waals surface area contributed by atoms with Crippen molar-refractivity contribution in [3.63, 3.8) is 0 Å². The van der Waals surface area contributed by atoms with Crippen LogP contribution in [-0.4, -0.2) is 32.6 Å². The van der Waals surface area contributed by atoms with Crippen molar-refractivity contribution in [2.24, 2.45) is 20.6 Å². The molecule has 12 nitrogen and oxygen atoms in total. The molecule has 1 rings (SSSR count). The van der Waals surface area contributed by atoms with Crippen molar-refractivity contribution in [3.8, 4) is 0 Å². The highest BCUT2D eigenvalue weighted by molar-refractivity contribution is 4.66. The molecule has 0 spiro atoms. The van der Waals surface area contributed by atoms with Crippen molar-refractivity contribution in [1.29, 1.82) is 0 Å². The van der Waals surface area contributed by atoms with E-state index in [0.29, 0.717) is 0 Å². The van der Waals surface area contributed by atoms with Gasteiger partial charge in [-0.3, -0.25) is 0 Å². The van der Waals surface area contributed by atoms with Crippen LogP contribution >= 0.6 is 0 Å². The van der Waals surface area contributed by atoms with E-state index in [1.54, 1.807) is 20.8 Å². The molecule has 2 atom stereocenters. The molecule has 0 fully saturated rings. The van der Waals surface area contributed by atoms with Crippen LogP contribution in [0.3, 0.4) is 0 Å². The molecule has 0 saturated carbocycles. The molecule has 1 aliphatic rings. The van der Waals surface area contributed by atoms with Crippen LogP contribution in [0, 0.1) is 20.5 Å². The van der Waals surface area contributed by atoms with Crippen LogP contribution in [-0.2, 0) is 0 Å². The zero-order chi connectivity index (χ0) is 13.9. The predicted octanol–water partition coefficient (Wildman–Crippen LogP) is 0.539. The predicted molar refractivity (Wildman–Crippen MR) is 53.4 cm³/mol. The van der Waals surface area contributed by atoms with Crippen LogP contribution in [0.1, 0.15) is 20.8 Å². The third-order valence-electron chi connectivity index (χ3n) is 1.67. The first-order valence-corrected chi connectivity index (χ1v) is 4.82. The van der Waals surface area contributed by atoms with Gasteiger partial charge in [-0.25, -0.2) is 0 Å². The maximum atomic E-state index is 11.7. The van der Waals surface area contributed by atoms with E-state index in [4.69, 9.17) is 0 Å². The Bertz CT molecular complexity index is 470. The third kappa shape index (κ3) is 3.25. The Morgan fingerprint density at radius 1 is 1.39 bits per heavy atom. The van der Waals surface area contributed by atoms with Crippen molar-refractivity contribution in [2.45, 2.75) is 38.6 Å². The van der Waals surface area contributed by atoms with E-state index in [-0.39, 0.29) is 14.7 Å². The lowest BCUT2D eigenvalue weighted by atomic mass is 10.1. The van der Waals surface area contributed by atoms with Gasteiger partial charge in [0.15, 0.2) is 10.0 Å². The van der Waals surface area contributed by atoms with Crippen molar-refractivity contribution < 1.29 is 14.7 Å². The summed E-state index contributed by atoms with van der Waals surface area (Å²) in [6.07, 6.45) is -3.26. The molecule has 0 amide bonds. The third-order valence-corrected chi connectivity index (χ3v) is 1.67. The molecule has 1 heterocycles. The number of nitrogens with zero attached hydrogens (tertiary/aromatic N) is 8. The van der Waals surface area contributed by atoms with Crippen LogP contribution in [0.15, 0.2) is 20.6 Å². The molecule has 12 heteroatoms. The summed E-state index contributed by atoms with van der Waals surface area (Å²) in [5, 5.41) is 46.4. The number of hydrogen-bond acceptors (Lipinski definition) is 8. The summed E-state index contributed by atoms with van der Waals surface area (Å²) in [5.74, 6) is 0. The zero-order valence-corrected chi connectivity index (χ0v) is 9.87. The standard InChI is InChI=1S/C6H11N8O4/c1-6(2,3)9-12(16)5-4(7-10-15)8-14(18)11-13(5)17/h4-5H,1-3H3/q+1. The first-order chi connectivity index (χ1) is 8.24. The monoisotopic (exact) mass is 259 g/mol. The SMILES string of the molecule is CC(C)(C)N=[N+]([O-])C1C(N=[N+]=O)N=[N+]([O-])N=[N+]1[O-]. The number of hydrogen-bond donors (Lipinski definition) is 0. The number of rotatable bonds is 2. The van der Waals surface area contributed by atoms with Gasteiger partial charge in [-0.15, -0.1) is 0 Å². The maximum absolute atomic E-state index is 11.7. The summed E-state index contributed by atoms with van der Waals surface area (Å²) in [4.78, 5) is 11.6. The normalized spacial score (nSPS) is 24.9. The summed E-state index contributed by atoms with van der Waals surface area (Å²) in [6, 6.07) is 0. The summed E-state index contributed by atoms with van der Waals surface area (Å²) in [6.45, 7) is 4.86. The fourth-order valence-electron chi connectivity index (χ4n) is 1.11. The van der Waals surface area contributed by atoms with Gasteiger partial charge >= 0.3 is 22.5 Å². The molecule has 0 N–H and O–H groups in total. The van der Waals surface area contributed by atoms with Crippen molar-refractivity contribution in [2.75, 3.05) is 0 Å². The van der Waals surface area contributed by atoms with Gasteiger partial charge in [-0.1, -0.05) is 0 Å². The fourth-order valence-corrected chi connectivity index (χ4v) is 1.11. The molecule has 98 valence electrons. The van der Waals surface area contributed by atoms with Crippen LogP contribution in [0.5, 0.6) is 0 Å². The van der Waals surface area contributed by atoms with E-state index in [9.17, 15) is 20.5 Å². The number of azo groups is 1. The molecule has 1 aliphatic heterocycles. The first-order valence-electron chi connectivity index (χ1n) is 4.82. The Labute approximate surface area is 100 Å². The van der Waals surface area contributed by atoms with Crippen LogP contribution < -0.4 is 4.97 Å². The summed E-state index contributed by atoms with van der Waals surface area (Å²) < 4.78 is 0. The van der Waals surface area contributed by atoms with Crippen molar-refractivity contribution in [1.82, 2.24) is 4.97 Å². The van der Waals surface area contributed by atoms with E-state index in [1.165, 1.54) is 0 Å². The second-order valence-corrected chi connectivity index (χ2v) is 4.36. The van der Waals surface area contributed by atoms with E-state index >= 15 is 0 Å². The lowest BCUT2D eigenvalue weighted by Crippen LogP contribution is -2.43. The van der Waals surface area contributed by atoms with E-state index in [0.717, 1.165) is 0 Å². The van der Waals surface area contributed by atoms with Gasteiger partial charge in [0.25, 0.3) is 0 Å². The lowest BCUT2D eigenvalue weighted by molar-refractivity contribution is -0.847. The Kier molecular flexibility index (Phi) is 3.61. The van der Waals surface area contributed by atoms with Gasteiger partial charge in [0.2, 0.25) is 0 Å². The van der Waals surface area contributed by atoms with Crippen LogP contribution in [0.2, 0.25) is 0 Å². The van der Waals surface area contributed by atoms with Gasteiger partial charge < -0.3 is 15.6 Å². The molecule has 2 unspecified atom stereocenters. The van der Waals surface area contributed by atoms with Gasteiger partial charge in [0.05, 0.1) is 5.11 Å². The Morgan fingerprint density at radius 3 is 2.50 bits per heavy atom. The number of nitroso groups, excluding NO2 is 1. The highest BCUT2D eigenvalue weighted by atomic mass is 16.6. The van der Waals surface area contributed by atoms with E-state index in [2.05, 4.69) is 25.5 Å². The average Bonchev–Trinajstić information content (AvgIpc) is 2.13. The number of hydroxylamine groups is 2. The molecule has 18 heavy (non-hydrogen) atoms. The van der Waals surface area contributed by atoms with E-state index < -0.39 is 17.9 Å². The fraction of sp³-hybridized carbons (Fsp3) is 1.00. The second-order valence-electron chi connectivity index (χ2n) is 4.36. The molecular formula is C6H11N8O4+. The molecular weight excluding hydrogens is 248 g/mol. The highest BCUT2D eigenvalue weighted by Gasteiger charge is 2.51. The van der Waals surface area contributed by atoms with Gasteiger partial charge in [0, 0.05) is 4.86 Å². The Hall–Kier alpha value is -2.49. The van der Waals surface area contributed by atoms with Gasteiger partial charge in [0.1, 0.15) is 10.5 Å². The summed E-state index contributed by atoms with van der Waals surface area (Å²) >= 11 is 0. The quantitative estimate of drug-likeness (QED) is 0.233. The molecule has 0 radical (unpaired) electrons. The van der Waals surface area contributed by atoms with Crippen molar-refractivity contribution in [3.05, 3.63) is 20.5 Å². The van der Waals surface area contributed by atoms with Crippen LogP contribution in [0.4, 0.5) is 0 Å². The van der Waals surface area contributed by atoms with E-state index in [1.807, 2.05) is 0 Å². The zero-order valence-electron chi connectivity index (χ0n) is 9.87. The average molecular weight is 259 g/mol. The minimum atomic E-state index is -1.67. The molecule has 0 bridgehead atoms. The summed E-state index contributed by atoms with van der Waals surface area (Å²) in [7, 11) is 0. The topological polar surface area (TPSA) is 159 Å². The Balaban J connectivity index is 3.16. The van der Waals surface area contributed by atoms with Crippen molar-refractivity contribution >= 4 is 0 Å². The first kappa shape index (κ1) is 13.6. The van der Waals surface area contributed by atoms with Crippen LogP contribution in [0.25, 0.3) is 0 Å². The largest absolute Gasteiger partial charge is 0.595 e. The molecule has 0 aromatic carbocycles. The minimum Gasteiger partial charge on any atom is -0.595 e. The van der Waals surface area contributed by atoms with Gasteiger partial charge in [-0.2, -0.15) is 0 Å². The van der Waals surface area contributed by atoms with Gasteiger partial charge in [-0.05, 0) is 30.7 Å². The second kappa shape index (κ2) is 4.79. The minimum absolute atomic E-state index is 0.00630. The lowest BCUT2D eigenvalue weighted by Gasteiger charge is -2.14. The molecule has 0 aromatic heterocycles. The smallest absolute Gasteiger partial charge is 0.471 e. The molecule has 0 saturated heterocycles. The Morgan fingerprint density at radius 2 is 2.00 bits per heavy atom. The highest BCUT2D eigenvalue weighted by Crippen LogP contribution is 2.15. The maximum Gasteiger partial charge on any atom is 0.471 e.